The van der Waals surface area contributed by atoms with Crippen molar-refractivity contribution in [3.63, 3.8) is 0 Å². The smallest absolute Gasteiger partial charge is 0.0849 e. The summed E-state index contributed by atoms with van der Waals surface area (Å²) < 4.78 is 4.23. The molecule has 0 amide bonds. The van der Waals surface area contributed by atoms with Crippen LogP contribution in [0, 0.1) is 17.8 Å². The molecule has 3 nitrogen and oxygen atoms in total. The zero-order chi connectivity index (χ0) is 12.2. The maximum absolute atomic E-state index is 5.73. The zero-order valence-corrected chi connectivity index (χ0v) is 11.6. The number of nitrogens with two attached hydrogens (primary N) is 1. The molecule has 4 heteroatoms. The highest BCUT2D eigenvalue weighted by atomic mass is 32.1. The standard InChI is InChI=1S/C14H21N3S/c15-2-1-12-13(16-17-18-12)14-6-9-3-10(7-14)5-11(4-9)8-14/h9-11H,1-8,15H2. The summed E-state index contributed by atoms with van der Waals surface area (Å²) in [5, 5.41) is 4.54. The summed E-state index contributed by atoms with van der Waals surface area (Å²) in [6, 6.07) is 0. The van der Waals surface area contributed by atoms with Gasteiger partial charge in [0.2, 0.25) is 0 Å². The van der Waals surface area contributed by atoms with Crippen LogP contribution in [0.2, 0.25) is 0 Å². The number of hydrogen-bond donors (Lipinski definition) is 1. The molecule has 0 unspecified atom stereocenters. The average molecular weight is 263 g/mol. The highest BCUT2D eigenvalue weighted by Gasteiger charge is 2.53. The van der Waals surface area contributed by atoms with Crippen molar-refractivity contribution in [1.29, 1.82) is 0 Å². The second-order valence-electron chi connectivity index (χ2n) is 6.78. The van der Waals surface area contributed by atoms with Crippen molar-refractivity contribution in [3.8, 4) is 0 Å². The van der Waals surface area contributed by atoms with E-state index in [-0.39, 0.29) is 0 Å². The van der Waals surface area contributed by atoms with Gasteiger partial charge in [-0.15, -0.1) is 5.10 Å². The Balaban J connectivity index is 1.72. The third-order valence-electron chi connectivity index (χ3n) is 5.47. The monoisotopic (exact) mass is 263 g/mol. The molecule has 0 aromatic carbocycles. The van der Waals surface area contributed by atoms with Crippen molar-refractivity contribution in [2.75, 3.05) is 6.54 Å². The van der Waals surface area contributed by atoms with Crippen molar-refractivity contribution >= 4 is 11.5 Å². The van der Waals surface area contributed by atoms with E-state index in [4.69, 9.17) is 5.73 Å². The molecule has 4 aliphatic carbocycles. The Bertz CT molecular complexity index is 418. The number of rotatable bonds is 3. The molecule has 2 N–H and O–H groups in total. The number of aromatic nitrogens is 2. The first-order valence-electron chi connectivity index (χ1n) is 7.31. The molecule has 4 fully saturated rings. The van der Waals surface area contributed by atoms with Gasteiger partial charge in [0.1, 0.15) is 0 Å². The Kier molecular flexibility index (Phi) is 2.53. The molecular weight excluding hydrogens is 242 g/mol. The molecule has 0 atom stereocenters. The summed E-state index contributed by atoms with van der Waals surface area (Å²) in [6.07, 6.45) is 9.57. The fraction of sp³-hybridized carbons (Fsp3) is 0.857. The minimum atomic E-state index is 0.395. The summed E-state index contributed by atoms with van der Waals surface area (Å²) >= 11 is 1.58. The normalized spacial score (nSPS) is 41.5. The van der Waals surface area contributed by atoms with Crippen LogP contribution in [0.3, 0.4) is 0 Å². The van der Waals surface area contributed by atoms with Gasteiger partial charge in [-0.25, -0.2) is 0 Å². The Morgan fingerprint density at radius 2 is 1.72 bits per heavy atom. The van der Waals surface area contributed by atoms with Gasteiger partial charge in [0.25, 0.3) is 0 Å². The van der Waals surface area contributed by atoms with Crippen molar-refractivity contribution in [1.82, 2.24) is 9.59 Å². The van der Waals surface area contributed by atoms with Crippen molar-refractivity contribution in [2.24, 2.45) is 23.5 Å². The lowest BCUT2D eigenvalue weighted by molar-refractivity contribution is -0.00756. The van der Waals surface area contributed by atoms with E-state index in [9.17, 15) is 0 Å². The third kappa shape index (κ3) is 1.58. The molecule has 4 bridgehead atoms. The first-order chi connectivity index (χ1) is 8.79. The molecule has 0 aliphatic heterocycles. The lowest BCUT2D eigenvalue weighted by Gasteiger charge is -2.56. The van der Waals surface area contributed by atoms with Crippen molar-refractivity contribution < 1.29 is 0 Å². The van der Waals surface area contributed by atoms with E-state index >= 15 is 0 Å². The van der Waals surface area contributed by atoms with Gasteiger partial charge in [-0.3, -0.25) is 0 Å². The van der Waals surface area contributed by atoms with E-state index in [0.717, 1.165) is 30.7 Å². The topological polar surface area (TPSA) is 51.8 Å². The van der Waals surface area contributed by atoms with E-state index in [0.29, 0.717) is 5.41 Å². The largest absolute Gasteiger partial charge is 0.330 e. The number of hydrogen-bond acceptors (Lipinski definition) is 4. The number of nitrogens with zero attached hydrogens (tertiary/aromatic N) is 2. The molecule has 1 heterocycles. The highest BCUT2D eigenvalue weighted by molar-refractivity contribution is 7.05. The Labute approximate surface area is 112 Å². The first-order valence-corrected chi connectivity index (χ1v) is 8.08. The molecule has 1 aromatic heterocycles. The average Bonchev–Trinajstić information content (AvgIpc) is 2.76. The maximum atomic E-state index is 5.73. The minimum Gasteiger partial charge on any atom is -0.330 e. The summed E-state index contributed by atoms with van der Waals surface area (Å²) in [7, 11) is 0. The Morgan fingerprint density at radius 3 is 2.28 bits per heavy atom. The summed E-state index contributed by atoms with van der Waals surface area (Å²) in [6.45, 7) is 0.725. The molecule has 0 spiro atoms. The first kappa shape index (κ1) is 11.4. The van der Waals surface area contributed by atoms with Crippen LogP contribution in [-0.4, -0.2) is 16.1 Å². The molecule has 0 radical (unpaired) electrons. The van der Waals surface area contributed by atoms with Crippen molar-refractivity contribution in [3.05, 3.63) is 10.6 Å². The molecule has 0 saturated heterocycles. The van der Waals surface area contributed by atoms with Gasteiger partial charge >= 0.3 is 0 Å². The lowest BCUT2D eigenvalue weighted by atomic mass is 9.48. The van der Waals surface area contributed by atoms with Crippen LogP contribution < -0.4 is 5.73 Å². The fourth-order valence-corrected chi connectivity index (χ4v) is 6.08. The van der Waals surface area contributed by atoms with Crippen LogP contribution in [0.5, 0.6) is 0 Å². The lowest BCUT2D eigenvalue weighted by Crippen LogP contribution is -2.49. The van der Waals surface area contributed by atoms with Crippen LogP contribution >= 0.6 is 11.5 Å². The van der Waals surface area contributed by atoms with Crippen molar-refractivity contribution in [2.45, 2.75) is 50.4 Å². The van der Waals surface area contributed by atoms with Gasteiger partial charge in [0.15, 0.2) is 0 Å². The van der Waals surface area contributed by atoms with E-state index in [1.807, 2.05) is 0 Å². The second-order valence-corrected chi connectivity index (χ2v) is 7.62. The summed E-state index contributed by atoms with van der Waals surface area (Å²) in [5.74, 6) is 2.93. The molecule has 5 rings (SSSR count). The van der Waals surface area contributed by atoms with Crippen LogP contribution in [0.1, 0.15) is 49.1 Å². The van der Waals surface area contributed by atoms with Crippen LogP contribution in [-0.2, 0) is 11.8 Å². The van der Waals surface area contributed by atoms with Crippen LogP contribution in [0.4, 0.5) is 0 Å². The van der Waals surface area contributed by atoms with Crippen LogP contribution in [0.15, 0.2) is 0 Å². The molecule has 1 aromatic rings. The second kappa shape index (κ2) is 4.01. The van der Waals surface area contributed by atoms with E-state index in [2.05, 4.69) is 9.59 Å². The van der Waals surface area contributed by atoms with Crippen LogP contribution in [0.25, 0.3) is 0 Å². The SMILES string of the molecule is NCCc1snnc1C12CC3CC(CC(C3)C1)C2. The van der Waals surface area contributed by atoms with Gasteiger partial charge in [-0.2, -0.15) is 0 Å². The quantitative estimate of drug-likeness (QED) is 0.911. The fourth-order valence-electron chi connectivity index (χ4n) is 5.31. The predicted molar refractivity (Wildman–Crippen MR) is 72.5 cm³/mol. The Hall–Kier alpha value is -0.480. The minimum absolute atomic E-state index is 0.395. The molecule has 4 saturated carbocycles. The Morgan fingerprint density at radius 1 is 1.11 bits per heavy atom. The third-order valence-corrected chi connectivity index (χ3v) is 6.25. The van der Waals surface area contributed by atoms with E-state index < -0.39 is 0 Å². The van der Waals surface area contributed by atoms with Gasteiger partial charge in [0.05, 0.1) is 10.6 Å². The van der Waals surface area contributed by atoms with E-state index in [1.165, 1.54) is 49.1 Å². The maximum Gasteiger partial charge on any atom is 0.0849 e. The van der Waals surface area contributed by atoms with Gasteiger partial charge in [-0.05, 0) is 80.8 Å². The highest BCUT2D eigenvalue weighted by Crippen LogP contribution is 2.60. The van der Waals surface area contributed by atoms with Gasteiger partial charge < -0.3 is 5.73 Å². The summed E-state index contributed by atoms with van der Waals surface area (Å²) in [4.78, 5) is 1.37. The molecule has 4 aliphatic rings. The predicted octanol–water partition coefficient (Wildman–Crippen LogP) is 2.51. The van der Waals surface area contributed by atoms with E-state index in [1.54, 1.807) is 11.5 Å². The molecule has 18 heavy (non-hydrogen) atoms. The zero-order valence-electron chi connectivity index (χ0n) is 10.8. The molecule has 98 valence electrons. The molecular formula is C14H21N3S. The van der Waals surface area contributed by atoms with Gasteiger partial charge in [-0.1, -0.05) is 4.49 Å². The summed E-state index contributed by atoms with van der Waals surface area (Å²) in [5.41, 5.74) is 7.47. The van der Waals surface area contributed by atoms with Gasteiger partial charge in [0, 0.05) is 5.41 Å².